The van der Waals surface area contributed by atoms with E-state index in [-0.39, 0.29) is 10.8 Å². The summed E-state index contributed by atoms with van der Waals surface area (Å²) in [5, 5.41) is 10.1. The molecule has 1 heterocycles. The minimum Gasteiger partial charge on any atom is -0.497 e. The van der Waals surface area contributed by atoms with Gasteiger partial charge in [-0.3, -0.25) is 4.79 Å². The first-order valence-electron chi connectivity index (χ1n) is 9.37. The number of aliphatic carboxylic acids is 1. The molecule has 0 spiro atoms. The Morgan fingerprint density at radius 3 is 2.20 bits per heavy atom. The molecule has 0 saturated carbocycles. The van der Waals surface area contributed by atoms with E-state index in [1.807, 2.05) is 24.3 Å². The Kier molecular flexibility index (Phi) is 6.58. The van der Waals surface area contributed by atoms with Gasteiger partial charge in [0, 0.05) is 11.8 Å². The predicted molar refractivity (Wildman–Crippen MR) is 118 cm³/mol. The summed E-state index contributed by atoms with van der Waals surface area (Å²) in [6.45, 7) is 3.42. The minimum absolute atomic E-state index is 0.116. The van der Waals surface area contributed by atoms with Crippen LogP contribution >= 0.6 is 11.3 Å². The average Bonchev–Trinajstić information content (AvgIpc) is 3.22. The standard InChI is InChI=1S/C22H23NO5S2/c1-14(2)19(22(24)25)13-30(26,27)18-10-6-16(7-11-18)21-23-12-20(29-21)15-4-8-17(28-3)9-5-15/h4-12,14,19H,13H2,1-3H3,(H,24,25)/t19-/m1/s1. The lowest BCUT2D eigenvalue weighted by molar-refractivity contribution is -0.142. The minimum atomic E-state index is -3.70. The second-order valence-corrected chi connectivity index (χ2v) is 10.3. The molecule has 6 nitrogen and oxygen atoms in total. The Labute approximate surface area is 180 Å². The van der Waals surface area contributed by atoms with Gasteiger partial charge in [-0.25, -0.2) is 13.4 Å². The van der Waals surface area contributed by atoms with Gasteiger partial charge in [-0.05, 0) is 47.9 Å². The van der Waals surface area contributed by atoms with E-state index < -0.39 is 27.5 Å². The first kappa shape index (κ1) is 22.0. The number of rotatable bonds is 8. The van der Waals surface area contributed by atoms with Crippen molar-refractivity contribution in [3.8, 4) is 26.8 Å². The van der Waals surface area contributed by atoms with Crippen LogP contribution in [0.25, 0.3) is 21.0 Å². The van der Waals surface area contributed by atoms with Gasteiger partial charge in [0.25, 0.3) is 0 Å². The highest BCUT2D eigenvalue weighted by Crippen LogP contribution is 2.33. The summed E-state index contributed by atoms with van der Waals surface area (Å²) in [7, 11) is -2.08. The van der Waals surface area contributed by atoms with Crippen LogP contribution < -0.4 is 4.74 Å². The molecule has 0 bridgehead atoms. The Balaban J connectivity index is 1.80. The van der Waals surface area contributed by atoms with Crippen LogP contribution in [0.5, 0.6) is 5.75 Å². The first-order chi connectivity index (χ1) is 14.2. The Morgan fingerprint density at radius 1 is 1.07 bits per heavy atom. The second kappa shape index (κ2) is 8.97. The number of ether oxygens (including phenoxy) is 1. The largest absolute Gasteiger partial charge is 0.497 e. The summed E-state index contributed by atoms with van der Waals surface area (Å²) in [6.07, 6.45) is 1.78. The number of aromatic nitrogens is 1. The van der Waals surface area contributed by atoms with Gasteiger partial charge >= 0.3 is 5.97 Å². The Bertz CT molecular complexity index is 1120. The van der Waals surface area contributed by atoms with E-state index in [1.165, 1.54) is 23.5 Å². The molecule has 1 aromatic heterocycles. The summed E-state index contributed by atoms with van der Waals surface area (Å²) in [6, 6.07) is 14.1. The van der Waals surface area contributed by atoms with Crippen molar-refractivity contribution in [1.82, 2.24) is 4.98 Å². The molecule has 0 saturated heterocycles. The number of benzene rings is 2. The van der Waals surface area contributed by atoms with Gasteiger partial charge in [0.05, 0.1) is 28.6 Å². The number of nitrogens with zero attached hydrogens (tertiary/aromatic N) is 1. The second-order valence-electron chi connectivity index (χ2n) is 7.25. The summed E-state index contributed by atoms with van der Waals surface area (Å²) in [4.78, 5) is 16.9. The molecule has 1 N–H and O–H groups in total. The number of carboxylic acids is 1. The van der Waals surface area contributed by atoms with Gasteiger partial charge < -0.3 is 9.84 Å². The molecule has 8 heteroatoms. The van der Waals surface area contributed by atoms with E-state index in [4.69, 9.17) is 4.74 Å². The monoisotopic (exact) mass is 445 g/mol. The highest BCUT2D eigenvalue weighted by Gasteiger charge is 2.29. The van der Waals surface area contributed by atoms with Gasteiger partial charge in [-0.1, -0.05) is 26.0 Å². The predicted octanol–water partition coefficient (Wildman–Crippen LogP) is 4.62. The Hall–Kier alpha value is -2.71. The zero-order valence-corrected chi connectivity index (χ0v) is 18.5. The van der Waals surface area contributed by atoms with Crippen molar-refractivity contribution in [3.63, 3.8) is 0 Å². The van der Waals surface area contributed by atoms with E-state index in [9.17, 15) is 18.3 Å². The topological polar surface area (TPSA) is 93.6 Å². The van der Waals surface area contributed by atoms with Crippen LogP contribution in [0.1, 0.15) is 13.8 Å². The number of methoxy groups -OCH3 is 1. The van der Waals surface area contributed by atoms with Crippen LogP contribution in [-0.4, -0.2) is 37.3 Å². The molecule has 30 heavy (non-hydrogen) atoms. The van der Waals surface area contributed by atoms with Crippen molar-refractivity contribution >= 4 is 27.1 Å². The number of hydrogen-bond donors (Lipinski definition) is 1. The molecule has 3 aromatic rings. The molecule has 3 rings (SSSR count). The van der Waals surface area contributed by atoms with Crippen molar-refractivity contribution in [1.29, 1.82) is 0 Å². The van der Waals surface area contributed by atoms with Gasteiger partial charge in [-0.15, -0.1) is 11.3 Å². The number of sulfone groups is 1. The molecular weight excluding hydrogens is 422 g/mol. The molecule has 158 valence electrons. The maximum atomic E-state index is 12.7. The molecule has 0 fully saturated rings. The maximum Gasteiger partial charge on any atom is 0.307 e. The molecule has 0 aliphatic carbocycles. The molecule has 0 radical (unpaired) electrons. The lowest BCUT2D eigenvalue weighted by Gasteiger charge is -2.16. The molecule has 2 aromatic carbocycles. The Morgan fingerprint density at radius 2 is 1.67 bits per heavy atom. The fourth-order valence-electron chi connectivity index (χ4n) is 2.98. The van der Waals surface area contributed by atoms with Crippen LogP contribution in [0.3, 0.4) is 0 Å². The van der Waals surface area contributed by atoms with E-state index in [0.717, 1.165) is 26.8 Å². The number of carbonyl (C=O) groups is 1. The summed E-state index contributed by atoms with van der Waals surface area (Å²) < 4.78 is 30.5. The molecule has 0 unspecified atom stereocenters. The fourth-order valence-corrected chi connectivity index (χ4v) is 5.65. The lowest BCUT2D eigenvalue weighted by atomic mass is 9.98. The van der Waals surface area contributed by atoms with Crippen molar-refractivity contribution in [3.05, 3.63) is 54.7 Å². The molecule has 0 aliphatic rings. The van der Waals surface area contributed by atoms with Gasteiger partial charge in [0.1, 0.15) is 10.8 Å². The zero-order chi connectivity index (χ0) is 21.9. The fraction of sp³-hybridized carbons (Fsp3) is 0.273. The normalized spacial score (nSPS) is 12.7. The van der Waals surface area contributed by atoms with Crippen LogP contribution in [0.15, 0.2) is 59.6 Å². The third kappa shape index (κ3) is 4.88. The zero-order valence-electron chi connectivity index (χ0n) is 16.9. The van der Waals surface area contributed by atoms with Crippen molar-refractivity contribution < 1.29 is 23.1 Å². The number of thiazole rings is 1. The van der Waals surface area contributed by atoms with Crippen molar-refractivity contribution in [2.75, 3.05) is 12.9 Å². The van der Waals surface area contributed by atoms with Gasteiger partial charge in [-0.2, -0.15) is 0 Å². The van der Waals surface area contributed by atoms with E-state index in [1.54, 1.807) is 39.3 Å². The third-order valence-electron chi connectivity index (χ3n) is 4.86. The van der Waals surface area contributed by atoms with E-state index >= 15 is 0 Å². The SMILES string of the molecule is COc1ccc(-c2cnc(-c3ccc(S(=O)(=O)C[C@@H](C(=O)O)C(C)C)cc3)s2)cc1. The first-order valence-corrected chi connectivity index (χ1v) is 11.8. The summed E-state index contributed by atoms with van der Waals surface area (Å²) in [5.74, 6) is -1.95. The summed E-state index contributed by atoms with van der Waals surface area (Å²) in [5.41, 5.74) is 1.82. The number of hydrogen-bond acceptors (Lipinski definition) is 6. The van der Waals surface area contributed by atoms with Crippen LogP contribution in [0.2, 0.25) is 0 Å². The smallest absolute Gasteiger partial charge is 0.307 e. The van der Waals surface area contributed by atoms with Crippen LogP contribution in [-0.2, 0) is 14.6 Å². The lowest BCUT2D eigenvalue weighted by Crippen LogP contribution is -2.28. The van der Waals surface area contributed by atoms with E-state index in [2.05, 4.69) is 4.98 Å². The number of carboxylic acid groups (broad SMARTS) is 1. The van der Waals surface area contributed by atoms with E-state index in [0.29, 0.717) is 0 Å². The average molecular weight is 446 g/mol. The molecular formula is C22H23NO5S2. The molecule has 1 atom stereocenters. The highest BCUT2D eigenvalue weighted by molar-refractivity contribution is 7.91. The van der Waals surface area contributed by atoms with Crippen molar-refractivity contribution in [2.24, 2.45) is 11.8 Å². The van der Waals surface area contributed by atoms with Gasteiger partial charge in [0.2, 0.25) is 0 Å². The maximum absolute atomic E-state index is 12.7. The quantitative estimate of drug-likeness (QED) is 0.544. The van der Waals surface area contributed by atoms with Gasteiger partial charge in [0.15, 0.2) is 9.84 Å². The highest BCUT2D eigenvalue weighted by atomic mass is 32.2. The van der Waals surface area contributed by atoms with Crippen molar-refractivity contribution in [2.45, 2.75) is 18.7 Å². The third-order valence-corrected chi connectivity index (χ3v) is 7.75. The molecule has 0 aliphatic heterocycles. The molecule has 0 amide bonds. The van der Waals surface area contributed by atoms with Crippen LogP contribution in [0, 0.1) is 11.8 Å². The summed E-state index contributed by atoms with van der Waals surface area (Å²) >= 11 is 1.51. The van der Waals surface area contributed by atoms with Crippen LogP contribution in [0.4, 0.5) is 0 Å².